The normalized spacial score (nSPS) is 10.0. The van der Waals surface area contributed by atoms with Crippen molar-refractivity contribution in [1.29, 1.82) is 0 Å². The zero-order valence-corrected chi connectivity index (χ0v) is 17.2. The summed E-state index contributed by atoms with van der Waals surface area (Å²) in [5.74, 6) is 0. The van der Waals surface area contributed by atoms with Gasteiger partial charge in [-0.3, -0.25) is 0 Å². The van der Waals surface area contributed by atoms with Crippen LogP contribution in [0.2, 0.25) is 0 Å². The molecule has 0 rings (SSSR count). The van der Waals surface area contributed by atoms with Crippen molar-refractivity contribution in [3.05, 3.63) is 0 Å². The number of hydrogen-bond acceptors (Lipinski definition) is 1. The van der Waals surface area contributed by atoms with Crippen molar-refractivity contribution in [2.45, 2.75) is 96.8 Å². The first-order valence-electron chi connectivity index (χ1n) is 8.82. The Morgan fingerprint density at radius 2 is 1.00 bits per heavy atom. The Morgan fingerprint density at radius 3 is 1.24 bits per heavy atom. The molecule has 0 aromatic carbocycles. The van der Waals surface area contributed by atoms with E-state index in [-0.39, 0.29) is 5.11 Å². The lowest BCUT2D eigenvalue weighted by molar-refractivity contribution is -0.210. The fraction of sp³-hybridized carbons (Fsp3) is 0.941. The first-order valence-corrected chi connectivity index (χ1v) is 10.8. The summed E-state index contributed by atoms with van der Waals surface area (Å²) in [4.78, 5) is 0. The van der Waals surface area contributed by atoms with E-state index in [1.54, 1.807) is 0 Å². The van der Waals surface area contributed by atoms with Gasteiger partial charge in [-0.2, -0.15) is 0 Å². The average molecular weight is 429 g/mol. The number of rotatable bonds is 14. The topological polar surface area (TPSA) is 53.7 Å². The molecule has 0 saturated carbocycles. The van der Waals surface area contributed by atoms with Crippen LogP contribution in [-0.4, -0.2) is 9.54 Å². The molecule has 0 aromatic heterocycles. The zero-order valence-electron chi connectivity index (χ0n) is 14.2. The smallest absolute Gasteiger partial charge is 0.262 e. The summed E-state index contributed by atoms with van der Waals surface area (Å²) in [7, 11) is 0. The molecule has 0 radical (unpaired) electrons. The number of alkyl halides is 1. The number of hydrogen-bond donors (Lipinski definition) is 2. The highest BCUT2D eigenvalue weighted by Gasteiger charge is 1.93. The van der Waals surface area contributed by atoms with Gasteiger partial charge in [-0.25, -0.2) is 0 Å². The third kappa shape index (κ3) is 33.4. The lowest BCUT2D eigenvalue weighted by Crippen LogP contribution is -2.60. The van der Waals surface area contributed by atoms with Crippen LogP contribution in [0.1, 0.15) is 96.8 Å². The molecule has 0 amide bonds. The second-order valence-corrected chi connectivity index (χ2v) is 7.35. The fourth-order valence-corrected chi connectivity index (χ4v) is 2.83. The van der Waals surface area contributed by atoms with Crippen molar-refractivity contribution in [2.24, 2.45) is 5.73 Å². The van der Waals surface area contributed by atoms with Crippen LogP contribution in [0.4, 0.5) is 0 Å². The summed E-state index contributed by atoms with van der Waals surface area (Å²) >= 11 is 6.69. The molecule has 0 fully saturated rings. The molecular weight excluding hydrogens is 391 g/mol. The monoisotopic (exact) mass is 429 g/mol. The molecule has 0 bridgehead atoms. The van der Waals surface area contributed by atoms with Crippen molar-refractivity contribution in [2.75, 3.05) is 4.43 Å². The van der Waals surface area contributed by atoms with Gasteiger partial charge in [-0.05, 0) is 10.8 Å². The van der Waals surface area contributed by atoms with E-state index in [4.69, 9.17) is 5.73 Å². The summed E-state index contributed by atoms with van der Waals surface area (Å²) in [5.41, 5.74) is 7.88. The van der Waals surface area contributed by atoms with Gasteiger partial charge in [-0.1, -0.05) is 113 Å². The van der Waals surface area contributed by atoms with E-state index in [0.717, 1.165) is 0 Å². The summed E-state index contributed by atoms with van der Waals surface area (Å²) in [6, 6.07) is 0. The molecule has 0 aliphatic rings. The summed E-state index contributed by atoms with van der Waals surface area (Å²) in [6.45, 7) is 2.29. The largest absolute Gasteiger partial charge is 0.345 e. The molecule has 0 aromatic rings. The highest BCUT2D eigenvalue weighted by Crippen LogP contribution is 2.13. The summed E-state index contributed by atoms with van der Waals surface area (Å²) in [6.07, 6.45) is 20.5. The van der Waals surface area contributed by atoms with E-state index in [1.165, 1.54) is 94.3 Å². The SMILES string of the molecule is CCCCCCCCCCCCCCCCI.NC([NH3+])=S. The molecular formula is C17H38IN2S+. The Kier molecular flexibility index (Phi) is 25.9. The number of nitrogens with two attached hydrogens (primary N) is 1. The first kappa shape index (κ1) is 23.8. The van der Waals surface area contributed by atoms with Crippen LogP contribution in [0.25, 0.3) is 0 Å². The Hall–Kier alpha value is 0.580. The van der Waals surface area contributed by atoms with Gasteiger partial charge in [0, 0.05) is 12.2 Å². The van der Waals surface area contributed by atoms with Gasteiger partial charge in [-0.15, -0.1) is 0 Å². The third-order valence-electron chi connectivity index (χ3n) is 3.49. The molecule has 0 atom stereocenters. The summed E-state index contributed by atoms with van der Waals surface area (Å²) < 4.78 is 1.34. The van der Waals surface area contributed by atoms with Crippen molar-refractivity contribution in [1.82, 2.24) is 0 Å². The number of halogens is 1. The maximum atomic E-state index is 4.73. The molecule has 4 heteroatoms. The van der Waals surface area contributed by atoms with E-state index in [9.17, 15) is 0 Å². The van der Waals surface area contributed by atoms with E-state index in [1.807, 2.05) is 0 Å². The highest BCUT2D eigenvalue weighted by molar-refractivity contribution is 14.1. The van der Waals surface area contributed by atoms with Crippen LogP contribution < -0.4 is 11.5 Å². The standard InChI is InChI=1S/C16H33I.CH4N2S/c1-2-3-4-5-6-7-8-9-10-11-12-13-14-15-16-17;2-1(3)4/h2-16H2,1H3;(H4,2,3,4)/p+1. The molecule has 0 aliphatic heterocycles. The average Bonchev–Trinajstić information content (AvgIpc) is 2.43. The molecule has 0 saturated heterocycles. The second-order valence-electron chi connectivity index (χ2n) is 5.75. The van der Waals surface area contributed by atoms with E-state index < -0.39 is 0 Å². The lowest BCUT2D eigenvalue weighted by Gasteiger charge is -2.02. The predicted octanol–water partition coefficient (Wildman–Crippen LogP) is 5.37. The Labute approximate surface area is 152 Å². The first-order chi connectivity index (χ1) is 10.1. The number of unbranched alkanes of at least 4 members (excludes halogenated alkanes) is 13. The van der Waals surface area contributed by atoms with Gasteiger partial charge in [0.25, 0.3) is 5.11 Å². The van der Waals surface area contributed by atoms with Crippen molar-refractivity contribution in [3.63, 3.8) is 0 Å². The number of quaternary nitrogens is 1. The fourth-order valence-electron chi connectivity index (χ4n) is 2.29. The molecule has 5 N–H and O–H groups in total. The van der Waals surface area contributed by atoms with Gasteiger partial charge >= 0.3 is 0 Å². The second kappa shape index (κ2) is 22.9. The molecule has 2 nitrogen and oxygen atoms in total. The van der Waals surface area contributed by atoms with Crippen LogP contribution >= 0.6 is 34.8 Å². The predicted molar refractivity (Wildman–Crippen MR) is 109 cm³/mol. The Balaban J connectivity index is 0. The molecule has 0 heterocycles. The van der Waals surface area contributed by atoms with Crippen molar-refractivity contribution < 1.29 is 5.73 Å². The summed E-state index contributed by atoms with van der Waals surface area (Å²) in [5, 5.41) is 0.250. The molecule has 0 unspecified atom stereocenters. The Morgan fingerprint density at radius 1 is 0.762 bits per heavy atom. The third-order valence-corrected chi connectivity index (χ3v) is 4.25. The van der Waals surface area contributed by atoms with Crippen LogP contribution in [0.15, 0.2) is 0 Å². The van der Waals surface area contributed by atoms with Gasteiger partial charge in [0.2, 0.25) is 0 Å². The lowest BCUT2D eigenvalue weighted by atomic mass is 10.0. The molecule has 0 aliphatic carbocycles. The minimum Gasteiger partial charge on any atom is -0.345 e. The molecule has 128 valence electrons. The van der Waals surface area contributed by atoms with Gasteiger partial charge in [0.05, 0.1) is 0 Å². The van der Waals surface area contributed by atoms with E-state index in [0.29, 0.717) is 0 Å². The van der Waals surface area contributed by atoms with Crippen LogP contribution in [0.3, 0.4) is 0 Å². The van der Waals surface area contributed by atoms with Gasteiger partial charge in [0.15, 0.2) is 0 Å². The maximum absolute atomic E-state index is 4.73. The van der Waals surface area contributed by atoms with Gasteiger partial charge in [0.1, 0.15) is 0 Å². The maximum Gasteiger partial charge on any atom is 0.262 e. The van der Waals surface area contributed by atoms with E-state index in [2.05, 4.69) is 47.5 Å². The molecule has 0 spiro atoms. The van der Waals surface area contributed by atoms with E-state index >= 15 is 0 Å². The Bertz CT molecular complexity index is 183. The van der Waals surface area contributed by atoms with Crippen molar-refractivity contribution in [3.8, 4) is 0 Å². The minimum atomic E-state index is 0.250. The number of thiocarbonyl (C=S) groups is 1. The van der Waals surface area contributed by atoms with Crippen LogP contribution in [0.5, 0.6) is 0 Å². The highest BCUT2D eigenvalue weighted by atomic mass is 127. The zero-order chi connectivity index (χ0) is 16.2. The van der Waals surface area contributed by atoms with Crippen molar-refractivity contribution >= 4 is 39.9 Å². The van der Waals surface area contributed by atoms with Crippen LogP contribution in [0, 0.1) is 0 Å². The minimum absolute atomic E-state index is 0.250. The van der Waals surface area contributed by atoms with Crippen LogP contribution in [-0.2, 0) is 0 Å². The van der Waals surface area contributed by atoms with Gasteiger partial charge < -0.3 is 11.5 Å². The molecule has 21 heavy (non-hydrogen) atoms. The quantitative estimate of drug-likeness (QED) is 0.169.